The van der Waals surface area contributed by atoms with Gasteiger partial charge in [-0.1, -0.05) is 59.8 Å². The summed E-state index contributed by atoms with van der Waals surface area (Å²) in [7, 11) is 0. The largest absolute Gasteiger partial charge is 0.452 e. The van der Waals surface area contributed by atoms with E-state index in [1.54, 1.807) is 11.8 Å². The van der Waals surface area contributed by atoms with Gasteiger partial charge in [0.25, 0.3) is 5.91 Å². The highest BCUT2D eigenvalue weighted by Crippen LogP contribution is 2.26. The van der Waals surface area contributed by atoms with E-state index in [4.69, 9.17) is 9.26 Å². The average Bonchev–Trinajstić information content (AvgIpc) is 3.13. The zero-order valence-corrected chi connectivity index (χ0v) is 15.6. The first-order valence-electron chi connectivity index (χ1n) is 9.17. The lowest BCUT2D eigenvalue weighted by molar-refractivity contribution is -0.135. The SMILES string of the molecule is Cc1onc(-c2ccccc2)c1C(=O)OCC(=O)N1CCc2ccccc2C1. The average molecular weight is 376 g/mol. The lowest BCUT2D eigenvalue weighted by atomic mass is 10.00. The van der Waals surface area contributed by atoms with E-state index < -0.39 is 5.97 Å². The summed E-state index contributed by atoms with van der Waals surface area (Å²) >= 11 is 0. The predicted octanol–water partition coefficient (Wildman–Crippen LogP) is 3.39. The molecule has 0 saturated carbocycles. The highest BCUT2D eigenvalue weighted by atomic mass is 16.5. The molecule has 0 atom stereocenters. The van der Waals surface area contributed by atoms with Crippen LogP contribution in [0.5, 0.6) is 0 Å². The Hall–Kier alpha value is -3.41. The first kappa shape index (κ1) is 18.0. The molecule has 1 aromatic heterocycles. The van der Waals surface area contributed by atoms with Crippen LogP contribution < -0.4 is 0 Å². The normalized spacial score (nSPS) is 13.1. The van der Waals surface area contributed by atoms with Crippen molar-refractivity contribution in [3.8, 4) is 11.3 Å². The van der Waals surface area contributed by atoms with Crippen molar-refractivity contribution in [2.45, 2.75) is 19.9 Å². The molecule has 2 heterocycles. The zero-order chi connectivity index (χ0) is 19.5. The highest BCUT2D eigenvalue weighted by Gasteiger charge is 2.25. The van der Waals surface area contributed by atoms with Crippen LogP contribution >= 0.6 is 0 Å². The van der Waals surface area contributed by atoms with Gasteiger partial charge in [0, 0.05) is 18.7 Å². The Balaban J connectivity index is 1.43. The van der Waals surface area contributed by atoms with Crippen LogP contribution in [0.1, 0.15) is 27.2 Å². The lowest BCUT2D eigenvalue weighted by Crippen LogP contribution is -2.38. The van der Waals surface area contributed by atoms with Crippen LogP contribution in [0.4, 0.5) is 0 Å². The molecule has 142 valence electrons. The molecule has 1 aliphatic rings. The summed E-state index contributed by atoms with van der Waals surface area (Å²) in [5, 5.41) is 3.98. The van der Waals surface area contributed by atoms with Crippen LogP contribution in [0.2, 0.25) is 0 Å². The molecule has 6 heteroatoms. The third kappa shape index (κ3) is 3.53. The molecule has 0 unspecified atom stereocenters. The monoisotopic (exact) mass is 376 g/mol. The van der Waals surface area contributed by atoms with Gasteiger partial charge in [-0.05, 0) is 24.5 Å². The van der Waals surface area contributed by atoms with Crippen LogP contribution in [0, 0.1) is 6.92 Å². The molecule has 0 saturated heterocycles. The number of benzene rings is 2. The fourth-order valence-electron chi connectivity index (χ4n) is 3.40. The Morgan fingerprint density at radius 3 is 2.57 bits per heavy atom. The molecular formula is C22H20N2O4. The Kier molecular flexibility index (Phi) is 4.93. The number of esters is 1. The van der Waals surface area contributed by atoms with Crippen molar-refractivity contribution in [3.63, 3.8) is 0 Å². The Labute approximate surface area is 162 Å². The number of rotatable bonds is 4. The van der Waals surface area contributed by atoms with Gasteiger partial charge >= 0.3 is 5.97 Å². The molecule has 2 aromatic carbocycles. The molecule has 0 radical (unpaired) electrons. The number of fused-ring (bicyclic) bond motifs is 1. The van der Waals surface area contributed by atoms with Crippen molar-refractivity contribution < 1.29 is 18.8 Å². The van der Waals surface area contributed by atoms with E-state index in [1.807, 2.05) is 48.5 Å². The lowest BCUT2D eigenvalue weighted by Gasteiger charge is -2.28. The molecule has 28 heavy (non-hydrogen) atoms. The first-order chi connectivity index (χ1) is 13.6. The molecule has 0 bridgehead atoms. The first-order valence-corrected chi connectivity index (χ1v) is 9.17. The summed E-state index contributed by atoms with van der Waals surface area (Å²) in [6.45, 7) is 2.50. The Morgan fingerprint density at radius 1 is 1.07 bits per heavy atom. The number of hydrogen-bond donors (Lipinski definition) is 0. The highest BCUT2D eigenvalue weighted by molar-refractivity contribution is 5.98. The van der Waals surface area contributed by atoms with Gasteiger partial charge < -0.3 is 14.2 Å². The van der Waals surface area contributed by atoms with Crippen molar-refractivity contribution in [2.75, 3.05) is 13.2 Å². The smallest absolute Gasteiger partial charge is 0.344 e. The van der Waals surface area contributed by atoms with Crippen LogP contribution in [0.15, 0.2) is 59.1 Å². The maximum absolute atomic E-state index is 12.6. The van der Waals surface area contributed by atoms with Crippen LogP contribution in [0.3, 0.4) is 0 Å². The van der Waals surface area contributed by atoms with E-state index in [0.29, 0.717) is 24.5 Å². The molecule has 3 aromatic rings. The van der Waals surface area contributed by atoms with Crippen molar-refractivity contribution in [2.24, 2.45) is 0 Å². The second-order valence-electron chi connectivity index (χ2n) is 6.74. The quantitative estimate of drug-likeness (QED) is 0.653. The molecule has 1 aliphatic heterocycles. The molecule has 0 aliphatic carbocycles. The summed E-state index contributed by atoms with van der Waals surface area (Å²) in [5.74, 6) is -0.454. The number of carbonyl (C=O) groups is 2. The Morgan fingerprint density at radius 2 is 1.79 bits per heavy atom. The zero-order valence-electron chi connectivity index (χ0n) is 15.6. The van der Waals surface area contributed by atoms with E-state index in [1.165, 1.54) is 5.56 Å². The van der Waals surface area contributed by atoms with Gasteiger partial charge in [-0.3, -0.25) is 4.79 Å². The van der Waals surface area contributed by atoms with Gasteiger partial charge in [0.2, 0.25) is 0 Å². The molecule has 0 spiro atoms. The van der Waals surface area contributed by atoms with Crippen molar-refractivity contribution in [1.82, 2.24) is 10.1 Å². The minimum atomic E-state index is -0.608. The fourth-order valence-corrected chi connectivity index (χ4v) is 3.40. The standard InChI is InChI=1S/C22H20N2O4/c1-15-20(21(23-28-15)17-8-3-2-4-9-17)22(26)27-14-19(25)24-12-11-16-7-5-6-10-18(16)13-24/h2-10H,11-14H2,1H3. The minimum Gasteiger partial charge on any atom is -0.452 e. The second-order valence-corrected chi connectivity index (χ2v) is 6.74. The van der Waals surface area contributed by atoms with Crippen LogP contribution in [0.25, 0.3) is 11.3 Å². The number of carbonyl (C=O) groups excluding carboxylic acids is 2. The van der Waals surface area contributed by atoms with Gasteiger partial charge in [-0.2, -0.15) is 0 Å². The summed E-state index contributed by atoms with van der Waals surface area (Å²) in [6.07, 6.45) is 0.804. The van der Waals surface area contributed by atoms with Gasteiger partial charge in [-0.15, -0.1) is 0 Å². The third-order valence-electron chi connectivity index (χ3n) is 4.92. The van der Waals surface area contributed by atoms with Gasteiger partial charge in [0.1, 0.15) is 17.0 Å². The van der Waals surface area contributed by atoms with E-state index in [0.717, 1.165) is 17.5 Å². The van der Waals surface area contributed by atoms with Crippen molar-refractivity contribution in [3.05, 3.63) is 77.0 Å². The molecule has 1 amide bonds. The molecular weight excluding hydrogens is 356 g/mol. The molecule has 0 fully saturated rings. The number of ether oxygens (including phenoxy) is 1. The summed E-state index contributed by atoms with van der Waals surface area (Å²) in [4.78, 5) is 26.9. The van der Waals surface area contributed by atoms with Crippen LogP contribution in [-0.2, 0) is 22.5 Å². The van der Waals surface area contributed by atoms with E-state index in [2.05, 4.69) is 11.2 Å². The van der Waals surface area contributed by atoms with Gasteiger partial charge in [-0.25, -0.2) is 4.79 Å². The van der Waals surface area contributed by atoms with Crippen molar-refractivity contribution >= 4 is 11.9 Å². The number of hydrogen-bond acceptors (Lipinski definition) is 5. The van der Waals surface area contributed by atoms with E-state index >= 15 is 0 Å². The molecule has 4 rings (SSSR count). The number of aryl methyl sites for hydroxylation is 1. The summed E-state index contributed by atoms with van der Waals surface area (Å²) in [6, 6.07) is 17.3. The molecule has 6 nitrogen and oxygen atoms in total. The topological polar surface area (TPSA) is 72.6 Å². The fraction of sp³-hybridized carbons (Fsp3) is 0.227. The molecule has 0 N–H and O–H groups in total. The van der Waals surface area contributed by atoms with Crippen LogP contribution in [-0.4, -0.2) is 35.1 Å². The van der Waals surface area contributed by atoms with Gasteiger partial charge in [0.15, 0.2) is 6.61 Å². The number of amides is 1. The third-order valence-corrected chi connectivity index (χ3v) is 4.92. The predicted molar refractivity (Wildman–Crippen MR) is 103 cm³/mol. The number of aromatic nitrogens is 1. The van der Waals surface area contributed by atoms with E-state index in [-0.39, 0.29) is 18.1 Å². The minimum absolute atomic E-state index is 0.210. The Bertz CT molecular complexity index is 1010. The van der Waals surface area contributed by atoms with Crippen molar-refractivity contribution in [1.29, 1.82) is 0 Å². The maximum atomic E-state index is 12.6. The maximum Gasteiger partial charge on any atom is 0.344 e. The number of nitrogens with zero attached hydrogens (tertiary/aromatic N) is 2. The van der Waals surface area contributed by atoms with E-state index in [9.17, 15) is 9.59 Å². The summed E-state index contributed by atoms with van der Waals surface area (Å²) in [5.41, 5.74) is 3.82. The second kappa shape index (κ2) is 7.68. The van der Waals surface area contributed by atoms with Gasteiger partial charge in [0.05, 0.1) is 0 Å². The summed E-state index contributed by atoms with van der Waals surface area (Å²) < 4.78 is 10.5.